The number of hydrogen-bond donors (Lipinski definition) is 0. The van der Waals surface area contributed by atoms with Crippen molar-refractivity contribution in [1.82, 2.24) is 0 Å². The van der Waals surface area contributed by atoms with Crippen molar-refractivity contribution < 1.29 is 23.1 Å². The number of amides is 1. The van der Waals surface area contributed by atoms with Gasteiger partial charge in [0.2, 0.25) is 0 Å². The van der Waals surface area contributed by atoms with Crippen LogP contribution in [-0.4, -0.2) is 23.7 Å². The molecular weight excluding hydrogens is 316 g/mol. The summed E-state index contributed by atoms with van der Waals surface area (Å²) in [7, 11) is 0. The highest BCUT2D eigenvalue weighted by Gasteiger charge is 2.21. The number of halogens is 2. The summed E-state index contributed by atoms with van der Waals surface area (Å²) in [5.41, 5.74) is 7.63. The van der Waals surface area contributed by atoms with Crippen LogP contribution in [0.4, 0.5) is 8.78 Å². The van der Waals surface area contributed by atoms with Crippen molar-refractivity contribution in [2.75, 3.05) is 6.61 Å². The first kappa shape index (κ1) is 17.9. The second-order valence-electron chi connectivity index (χ2n) is 4.18. The van der Waals surface area contributed by atoms with E-state index in [4.69, 9.17) is 10.3 Å². The van der Waals surface area contributed by atoms with E-state index >= 15 is 0 Å². The summed E-state index contributed by atoms with van der Waals surface area (Å²) in [4.78, 5) is 25.2. The van der Waals surface area contributed by atoms with Gasteiger partial charge in [-0.3, -0.25) is 9.59 Å². The Hall–Kier alpha value is -2.12. The maximum Gasteiger partial charge on any atom is 0.319 e. The van der Waals surface area contributed by atoms with Crippen LogP contribution >= 0.6 is 11.8 Å². The zero-order valence-corrected chi connectivity index (χ0v) is 12.7. The Kier molecular flexibility index (Phi) is 6.81. The Morgan fingerprint density at radius 3 is 2.68 bits per heavy atom. The number of azide groups is 1. The van der Waals surface area contributed by atoms with E-state index in [1.54, 1.807) is 0 Å². The number of thioether (sulfide) groups is 1. The number of carbonyl (C=O) groups is 2. The molecule has 0 radical (unpaired) electrons. The molecule has 0 bridgehead atoms. The lowest BCUT2D eigenvalue weighted by Crippen LogP contribution is -2.17. The molecule has 0 saturated carbocycles. The van der Waals surface area contributed by atoms with Gasteiger partial charge in [-0.15, -0.1) is 11.8 Å². The van der Waals surface area contributed by atoms with Crippen LogP contribution in [0.15, 0.2) is 22.1 Å². The van der Waals surface area contributed by atoms with Crippen LogP contribution in [0, 0.1) is 11.6 Å². The number of hydrogen-bond acceptors (Lipinski definition) is 4. The fraction of sp³-hybridized carbons (Fsp3) is 0.385. The fourth-order valence-electron chi connectivity index (χ4n) is 1.44. The van der Waals surface area contributed by atoms with E-state index in [0.29, 0.717) is 12.5 Å². The SMILES string of the molecule is CCCOC(=O)C(C)Sc1cc(C(=O)N=[N+]=[N-])c(F)cc1F. The highest BCUT2D eigenvalue weighted by Crippen LogP contribution is 2.29. The predicted octanol–water partition coefficient (Wildman–Crippen LogP) is 3.85. The van der Waals surface area contributed by atoms with Gasteiger partial charge in [0.1, 0.15) is 16.9 Å². The van der Waals surface area contributed by atoms with E-state index in [1.807, 2.05) is 6.92 Å². The summed E-state index contributed by atoms with van der Waals surface area (Å²) >= 11 is 0.784. The minimum Gasteiger partial charge on any atom is -0.465 e. The molecule has 1 unspecified atom stereocenters. The average molecular weight is 329 g/mol. The molecule has 0 spiro atoms. The lowest BCUT2D eigenvalue weighted by atomic mass is 10.2. The summed E-state index contributed by atoms with van der Waals surface area (Å²) in [6.07, 6.45) is 0.652. The maximum atomic E-state index is 13.7. The summed E-state index contributed by atoms with van der Waals surface area (Å²) < 4.78 is 32.2. The van der Waals surface area contributed by atoms with Crippen LogP contribution in [0.5, 0.6) is 0 Å². The number of rotatable bonds is 6. The minimum atomic E-state index is -1.16. The zero-order chi connectivity index (χ0) is 16.7. The standard InChI is InChI=1S/C13H13F2N3O3S/c1-3-4-21-13(20)7(2)22-11-5-8(12(19)17-18-16)9(14)6-10(11)15/h5-7H,3-4H2,1-2H3. The van der Waals surface area contributed by atoms with Crippen LogP contribution in [0.1, 0.15) is 30.6 Å². The first-order chi connectivity index (χ1) is 10.4. The quantitative estimate of drug-likeness (QED) is 0.260. The normalized spacial score (nSPS) is 11.5. The molecule has 0 saturated heterocycles. The number of carbonyl (C=O) groups excluding carboxylic acids is 2. The van der Waals surface area contributed by atoms with Crippen molar-refractivity contribution in [1.29, 1.82) is 0 Å². The molecule has 0 aliphatic carbocycles. The first-order valence-corrected chi connectivity index (χ1v) is 7.20. The molecular formula is C13H13F2N3O3S. The molecule has 0 aromatic heterocycles. The lowest BCUT2D eigenvalue weighted by Gasteiger charge is -2.12. The zero-order valence-electron chi connectivity index (χ0n) is 11.9. The number of ether oxygens (including phenoxy) is 1. The third kappa shape index (κ3) is 4.71. The van der Waals surface area contributed by atoms with Gasteiger partial charge in [0.25, 0.3) is 5.91 Å². The van der Waals surface area contributed by atoms with Gasteiger partial charge in [0.15, 0.2) is 0 Å². The third-order valence-electron chi connectivity index (χ3n) is 2.47. The molecule has 0 fully saturated rings. The number of benzene rings is 1. The van der Waals surface area contributed by atoms with Crippen molar-refractivity contribution in [3.8, 4) is 0 Å². The summed E-state index contributed by atoms with van der Waals surface area (Å²) in [5.74, 6) is -3.77. The van der Waals surface area contributed by atoms with Crippen LogP contribution in [0.2, 0.25) is 0 Å². The minimum absolute atomic E-state index is 0.112. The highest BCUT2D eigenvalue weighted by molar-refractivity contribution is 8.00. The molecule has 6 nitrogen and oxygen atoms in total. The van der Waals surface area contributed by atoms with Gasteiger partial charge in [-0.25, -0.2) is 8.78 Å². The molecule has 0 aliphatic heterocycles. The fourth-order valence-corrected chi connectivity index (χ4v) is 2.34. The summed E-state index contributed by atoms with van der Waals surface area (Å²) in [5, 5.41) is 2.02. The largest absolute Gasteiger partial charge is 0.465 e. The molecule has 1 amide bonds. The van der Waals surface area contributed by atoms with Crippen molar-refractivity contribution in [2.24, 2.45) is 5.11 Å². The van der Waals surface area contributed by atoms with Gasteiger partial charge in [0, 0.05) is 15.9 Å². The van der Waals surface area contributed by atoms with Gasteiger partial charge in [0.05, 0.1) is 12.2 Å². The summed E-state index contributed by atoms with van der Waals surface area (Å²) in [6.45, 7) is 3.58. The van der Waals surface area contributed by atoms with E-state index in [9.17, 15) is 18.4 Å². The Balaban J connectivity index is 2.99. The second kappa shape index (κ2) is 8.35. The average Bonchev–Trinajstić information content (AvgIpc) is 2.47. The van der Waals surface area contributed by atoms with Crippen LogP contribution in [0.3, 0.4) is 0 Å². The topological polar surface area (TPSA) is 92.1 Å². The Morgan fingerprint density at radius 1 is 1.41 bits per heavy atom. The lowest BCUT2D eigenvalue weighted by molar-refractivity contribution is -0.142. The van der Waals surface area contributed by atoms with Crippen molar-refractivity contribution in [3.63, 3.8) is 0 Å². The van der Waals surface area contributed by atoms with E-state index in [-0.39, 0.29) is 11.5 Å². The molecule has 1 aromatic carbocycles. The molecule has 0 N–H and O–H groups in total. The van der Waals surface area contributed by atoms with Gasteiger partial charge in [-0.2, -0.15) is 0 Å². The van der Waals surface area contributed by atoms with Crippen molar-refractivity contribution in [2.45, 2.75) is 30.4 Å². The van der Waals surface area contributed by atoms with Gasteiger partial charge in [-0.1, -0.05) is 6.92 Å². The van der Waals surface area contributed by atoms with E-state index in [1.165, 1.54) is 6.92 Å². The molecule has 1 aromatic rings. The van der Waals surface area contributed by atoms with Gasteiger partial charge >= 0.3 is 5.97 Å². The van der Waals surface area contributed by atoms with E-state index in [0.717, 1.165) is 17.8 Å². The first-order valence-electron chi connectivity index (χ1n) is 6.32. The monoisotopic (exact) mass is 329 g/mol. The molecule has 1 atom stereocenters. The van der Waals surface area contributed by atoms with E-state index in [2.05, 4.69) is 10.0 Å². The number of nitrogens with zero attached hydrogens (tertiary/aromatic N) is 3. The highest BCUT2D eigenvalue weighted by atomic mass is 32.2. The molecule has 9 heteroatoms. The van der Waals surface area contributed by atoms with Crippen LogP contribution in [0.25, 0.3) is 10.4 Å². The van der Waals surface area contributed by atoms with Gasteiger partial charge in [-0.05, 0) is 30.1 Å². The van der Waals surface area contributed by atoms with Crippen molar-refractivity contribution >= 4 is 23.6 Å². The maximum absolute atomic E-state index is 13.7. The van der Waals surface area contributed by atoms with Crippen LogP contribution in [-0.2, 0) is 9.53 Å². The van der Waals surface area contributed by atoms with Crippen LogP contribution < -0.4 is 0 Å². The molecule has 118 valence electrons. The molecule has 1 rings (SSSR count). The Bertz CT molecular complexity index is 633. The summed E-state index contributed by atoms with van der Waals surface area (Å²) in [6, 6.07) is 1.42. The molecule has 0 heterocycles. The molecule has 0 aliphatic rings. The smallest absolute Gasteiger partial charge is 0.319 e. The van der Waals surface area contributed by atoms with Crippen molar-refractivity contribution in [3.05, 3.63) is 39.8 Å². The number of esters is 1. The predicted molar refractivity (Wildman–Crippen MR) is 76.4 cm³/mol. The Morgan fingerprint density at radius 2 is 2.09 bits per heavy atom. The molecule has 22 heavy (non-hydrogen) atoms. The Labute approximate surface area is 129 Å². The third-order valence-corrected chi connectivity index (χ3v) is 3.58. The second-order valence-corrected chi connectivity index (χ2v) is 5.57. The van der Waals surface area contributed by atoms with Gasteiger partial charge < -0.3 is 4.74 Å². The van der Waals surface area contributed by atoms with E-state index < -0.39 is 34.3 Å².